The number of likely N-dealkylation sites (tertiary alicyclic amines) is 1. The number of fused-ring (bicyclic) bond motifs is 1. The fourth-order valence-corrected chi connectivity index (χ4v) is 5.44. The third-order valence-electron chi connectivity index (χ3n) is 7.39. The van der Waals surface area contributed by atoms with Gasteiger partial charge >= 0.3 is 0 Å². The molecular weight excluding hydrogens is 414 g/mol. The van der Waals surface area contributed by atoms with Crippen LogP contribution in [0.1, 0.15) is 50.6 Å². The monoisotopic (exact) mass is 449 g/mol. The van der Waals surface area contributed by atoms with Gasteiger partial charge < -0.3 is 19.9 Å². The van der Waals surface area contributed by atoms with Gasteiger partial charge in [-0.1, -0.05) is 6.58 Å². The minimum absolute atomic E-state index is 0.0752. The normalized spacial score (nSPS) is 21.2. The number of hydrogen-bond acceptors (Lipinski definition) is 5. The van der Waals surface area contributed by atoms with E-state index in [0.717, 1.165) is 92.8 Å². The molecule has 2 aromatic rings. The van der Waals surface area contributed by atoms with E-state index < -0.39 is 0 Å². The molecule has 0 bridgehead atoms. The maximum absolute atomic E-state index is 12.8. The Morgan fingerprint density at radius 2 is 2.03 bits per heavy atom. The molecule has 3 aliphatic rings. The molecule has 1 aromatic heterocycles. The molecule has 1 atom stereocenters. The zero-order valence-electron chi connectivity index (χ0n) is 19.6. The summed E-state index contributed by atoms with van der Waals surface area (Å²) in [5.41, 5.74) is 4.35. The number of nitrogens with zero attached hydrogens (tertiary/aromatic N) is 4. The van der Waals surface area contributed by atoms with Crippen LogP contribution in [-0.4, -0.2) is 59.4 Å². The van der Waals surface area contributed by atoms with Crippen LogP contribution in [0.4, 0.5) is 5.69 Å². The van der Waals surface area contributed by atoms with E-state index in [1.165, 1.54) is 0 Å². The number of piperidine rings is 1. The van der Waals surface area contributed by atoms with Crippen LogP contribution in [0.5, 0.6) is 5.75 Å². The van der Waals surface area contributed by atoms with Crippen LogP contribution in [-0.2, 0) is 11.2 Å². The Kier molecular flexibility index (Phi) is 6.40. The fraction of sp³-hybridized carbons (Fsp3) is 0.538. The molecule has 33 heavy (non-hydrogen) atoms. The van der Waals surface area contributed by atoms with Gasteiger partial charge in [-0.3, -0.25) is 9.48 Å². The van der Waals surface area contributed by atoms with E-state index in [0.29, 0.717) is 12.1 Å². The predicted octanol–water partition coefficient (Wildman–Crippen LogP) is 3.76. The molecule has 1 N–H and O–H groups in total. The van der Waals surface area contributed by atoms with Gasteiger partial charge in [0.2, 0.25) is 0 Å². The van der Waals surface area contributed by atoms with E-state index in [4.69, 9.17) is 9.84 Å². The van der Waals surface area contributed by atoms with Gasteiger partial charge in [-0.05, 0) is 76.9 Å². The Hall–Kier alpha value is -2.80. The number of aromatic nitrogens is 2. The average Bonchev–Trinajstić information content (AvgIpc) is 3.55. The summed E-state index contributed by atoms with van der Waals surface area (Å²) in [6.07, 6.45) is 12.3. The van der Waals surface area contributed by atoms with Crippen LogP contribution in [0.25, 0.3) is 11.1 Å². The Labute approximate surface area is 196 Å². The summed E-state index contributed by atoms with van der Waals surface area (Å²) >= 11 is 0. The van der Waals surface area contributed by atoms with Gasteiger partial charge in [0.05, 0.1) is 12.2 Å². The van der Waals surface area contributed by atoms with Gasteiger partial charge in [0, 0.05) is 47.7 Å². The SMILES string of the molecule is C=CN1c2ccc(-c3cnn(C4CCNCC4)c3)c(OCC(=O)N3CCCC3)c2CC[C@@H]1C. The van der Waals surface area contributed by atoms with Gasteiger partial charge in [-0.25, -0.2) is 0 Å². The quantitative estimate of drug-likeness (QED) is 0.728. The Morgan fingerprint density at radius 3 is 2.79 bits per heavy atom. The summed E-state index contributed by atoms with van der Waals surface area (Å²) < 4.78 is 8.45. The Morgan fingerprint density at radius 1 is 1.24 bits per heavy atom. The van der Waals surface area contributed by atoms with Crippen molar-refractivity contribution in [3.05, 3.63) is 42.9 Å². The van der Waals surface area contributed by atoms with Crippen molar-refractivity contribution in [1.82, 2.24) is 20.0 Å². The molecule has 7 heteroatoms. The first-order valence-electron chi connectivity index (χ1n) is 12.4. The number of carbonyl (C=O) groups is 1. The van der Waals surface area contributed by atoms with Crippen molar-refractivity contribution in [3.8, 4) is 16.9 Å². The molecule has 0 saturated carbocycles. The molecule has 3 aliphatic heterocycles. The van der Waals surface area contributed by atoms with Crippen molar-refractivity contribution in [2.75, 3.05) is 37.7 Å². The first-order chi connectivity index (χ1) is 16.2. The smallest absolute Gasteiger partial charge is 0.260 e. The maximum atomic E-state index is 12.8. The van der Waals surface area contributed by atoms with Crippen molar-refractivity contribution in [3.63, 3.8) is 0 Å². The first-order valence-corrected chi connectivity index (χ1v) is 12.4. The highest BCUT2D eigenvalue weighted by Crippen LogP contribution is 2.43. The number of ether oxygens (including phenoxy) is 1. The molecule has 4 heterocycles. The van der Waals surface area contributed by atoms with Crippen LogP contribution in [0.2, 0.25) is 0 Å². The molecular formula is C26H35N5O2. The van der Waals surface area contributed by atoms with Gasteiger partial charge in [-0.15, -0.1) is 0 Å². The summed E-state index contributed by atoms with van der Waals surface area (Å²) in [5, 5.41) is 8.12. The zero-order chi connectivity index (χ0) is 22.8. The zero-order valence-corrected chi connectivity index (χ0v) is 19.6. The van der Waals surface area contributed by atoms with Gasteiger partial charge in [0.25, 0.3) is 5.91 Å². The van der Waals surface area contributed by atoms with E-state index in [9.17, 15) is 4.79 Å². The van der Waals surface area contributed by atoms with E-state index in [-0.39, 0.29) is 12.5 Å². The highest BCUT2D eigenvalue weighted by Gasteiger charge is 2.28. The minimum atomic E-state index is 0.0752. The number of amides is 1. The van der Waals surface area contributed by atoms with Crippen LogP contribution < -0.4 is 15.0 Å². The number of benzene rings is 1. The van der Waals surface area contributed by atoms with Crippen molar-refractivity contribution >= 4 is 11.6 Å². The molecule has 0 spiro atoms. The van der Waals surface area contributed by atoms with Gasteiger partial charge in [0.1, 0.15) is 5.75 Å². The first kappa shape index (κ1) is 22.0. The van der Waals surface area contributed by atoms with Crippen LogP contribution in [0, 0.1) is 0 Å². The van der Waals surface area contributed by atoms with Crippen molar-refractivity contribution in [2.45, 2.75) is 57.5 Å². The van der Waals surface area contributed by atoms with Gasteiger partial charge in [-0.2, -0.15) is 5.10 Å². The lowest BCUT2D eigenvalue weighted by Gasteiger charge is -2.35. The number of rotatable bonds is 6. The summed E-state index contributed by atoms with van der Waals surface area (Å²) in [6.45, 7) is 10.1. The average molecular weight is 450 g/mol. The molecule has 1 aromatic carbocycles. The summed E-state index contributed by atoms with van der Waals surface area (Å²) in [7, 11) is 0. The summed E-state index contributed by atoms with van der Waals surface area (Å²) in [6, 6.07) is 5.10. The summed E-state index contributed by atoms with van der Waals surface area (Å²) in [4.78, 5) is 16.9. The number of hydrogen-bond donors (Lipinski definition) is 1. The van der Waals surface area contributed by atoms with Crippen molar-refractivity contribution in [2.24, 2.45) is 0 Å². The highest BCUT2D eigenvalue weighted by atomic mass is 16.5. The molecule has 0 unspecified atom stereocenters. The minimum Gasteiger partial charge on any atom is -0.483 e. The van der Waals surface area contributed by atoms with Gasteiger partial charge in [0.15, 0.2) is 6.61 Å². The number of carbonyl (C=O) groups excluding carboxylic acids is 1. The van der Waals surface area contributed by atoms with Crippen LogP contribution in [0.3, 0.4) is 0 Å². The molecule has 2 fully saturated rings. The topological polar surface area (TPSA) is 62.6 Å². The van der Waals surface area contributed by atoms with E-state index in [2.05, 4.69) is 46.7 Å². The second-order valence-corrected chi connectivity index (χ2v) is 9.48. The van der Waals surface area contributed by atoms with E-state index >= 15 is 0 Å². The largest absolute Gasteiger partial charge is 0.483 e. The van der Waals surface area contributed by atoms with Crippen LogP contribution in [0.15, 0.2) is 37.3 Å². The number of nitrogens with one attached hydrogen (secondary N) is 1. The molecule has 0 aliphatic carbocycles. The predicted molar refractivity (Wildman–Crippen MR) is 131 cm³/mol. The van der Waals surface area contributed by atoms with Crippen molar-refractivity contribution < 1.29 is 9.53 Å². The molecule has 1 amide bonds. The third-order valence-corrected chi connectivity index (χ3v) is 7.39. The standard InChI is InChI=1S/C26H35N5O2/c1-3-30-19(2)6-7-23-24(30)9-8-22(26(23)33-18-25(32)29-14-4-5-15-29)20-16-28-31(17-20)21-10-12-27-13-11-21/h3,8-9,16-17,19,21,27H,1,4-7,10-15,18H2,2H3/t19-/m0/s1. The van der Waals surface area contributed by atoms with E-state index in [1.807, 2.05) is 17.3 Å². The molecule has 5 rings (SSSR count). The lowest BCUT2D eigenvalue weighted by atomic mass is 9.92. The lowest BCUT2D eigenvalue weighted by molar-refractivity contribution is -0.132. The molecule has 0 radical (unpaired) electrons. The Bertz CT molecular complexity index is 1000. The second-order valence-electron chi connectivity index (χ2n) is 9.48. The van der Waals surface area contributed by atoms with E-state index in [1.54, 1.807) is 0 Å². The Balaban J connectivity index is 1.48. The maximum Gasteiger partial charge on any atom is 0.260 e. The molecule has 176 valence electrons. The summed E-state index contributed by atoms with van der Waals surface area (Å²) in [5.74, 6) is 0.898. The van der Waals surface area contributed by atoms with Crippen LogP contribution >= 0.6 is 0 Å². The second kappa shape index (κ2) is 9.59. The molecule has 2 saturated heterocycles. The lowest BCUT2D eigenvalue weighted by Crippen LogP contribution is -2.34. The molecule has 7 nitrogen and oxygen atoms in total. The number of anilines is 1. The third kappa shape index (κ3) is 4.38. The fourth-order valence-electron chi connectivity index (χ4n) is 5.44. The van der Waals surface area contributed by atoms with Crippen molar-refractivity contribution in [1.29, 1.82) is 0 Å². The highest BCUT2D eigenvalue weighted by molar-refractivity contribution is 5.81.